The quantitative estimate of drug-likeness (QED) is 0.363. The highest BCUT2D eigenvalue weighted by atomic mass is 16.6. The molecule has 0 spiro atoms. The maximum absolute atomic E-state index is 10.8. The average Bonchev–Trinajstić information content (AvgIpc) is 2.15. The Morgan fingerprint density at radius 1 is 1.50 bits per heavy atom. The molecule has 1 atom stereocenters. The first-order chi connectivity index (χ1) is 6.51. The van der Waals surface area contributed by atoms with Crippen LogP contribution in [0.2, 0.25) is 0 Å². The lowest BCUT2D eigenvalue weighted by atomic mass is 10.2. The number of ether oxygens (including phenoxy) is 2. The monoisotopic (exact) mass is 202 g/mol. The molecule has 0 aromatic heterocycles. The summed E-state index contributed by atoms with van der Waals surface area (Å²) < 4.78 is 8.24. The largest absolute Gasteiger partial charge is 0.467 e. The van der Waals surface area contributed by atoms with Crippen LogP contribution in [0.25, 0.3) is 0 Å². The SMILES string of the molecule is C=CC(=O)OC(=O)CC(O)C(=O)OC. The maximum atomic E-state index is 10.8. The molecule has 0 aliphatic carbocycles. The van der Waals surface area contributed by atoms with Crippen molar-refractivity contribution in [2.45, 2.75) is 12.5 Å². The van der Waals surface area contributed by atoms with Crippen molar-refractivity contribution < 1.29 is 29.0 Å². The highest BCUT2D eigenvalue weighted by Gasteiger charge is 2.21. The van der Waals surface area contributed by atoms with Crippen molar-refractivity contribution in [3.8, 4) is 0 Å². The van der Waals surface area contributed by atoms with E-state index in [4.69, 9.17) is 5.11 Å². The number of aliphatic hydroxyl groups excluding tert-OH is 1. The fourth-order valence-corrected chi connectivity index (χ4v) is 0.573. The first kappa shape index (κ1) is 12.3. The first-order valence-corrected chi connectivity index (χ1v) is 3.64. The topological polar surface area (TPSA) is 89.9 Å². The molecule has 1 N–H and O–H groups in total. The van der Waals surface area contributed by atoms with Crippen LogP contribution in [0.5, 0.6) is 0 Å². The van der Waals surface area contributed by atoms with Gasteiger partial charge in [0.15, 0.2) is 6.10 Å². The van der Waals surface area contributed by atoms with Crippen molar-refractivity contribution in [3.63, 3.8) is 0 Å². The lowest BCUT2D eigenvalue weighted by molar-refractivity contribution is -0.163. The van der Waals surface area contributed by atoms with Crippen molar-refractivity contribution in [2.75, 3.05) is 7.11 Å². The number of carbonyl (C=O) groups is 3. The number of hydrogen-bond acceptors (Lipinski definition) is 6. The molecule has 0 aromatic rings. The van der Waals surface area contributed by atoms with E-state index in [-0.39, 0.29) is 0 Å². The van der Waals surface area contributed by atoms with Gasteiger partial charge in [-0.1, -0.05) is 6.58 Å². The fraction of sp³-hybridized carbons (Fsp3) is 0.375. The van der Waals surface area contributed by atoms with Gasteiger partial charge >= 0.3 is 17.9 Å². The van der Waals surface area contributed by atoms with Gasteiger partial charge in [0.2, 0.25) is 0 Å². The van der Waals surface area contributed by atoms with Crippen LogP contribution in [0.3, 0.4) is 0 Å². The molecule has 0 aliphatic heterocycles. The predicted molar refractivity (Wildman–Crippen MR) is 43.9 cm³/mol. The van der Waals surface area contributed by atoms with Crippen molar-refractivity contribution in [1.29, 1.82) is 0 Å². The van der Waals surface area contributed by atoms with E-state index >= 15 is 0 Å². The molecule has 0 bridgehead atoms. The lowest BCUT2D eigenvalue weighted by Crippen LogP contribution is -2.26. The van der Waals surface area contributed by atoms with E-state index in [0.29, 0.717) is 0 Å². The number of hydrogen-bond donors (Lipinski definition) is 1. The average molecular weight is 202 g/mol. The fourth-order valence-electron chi connectivity index (χ4n) is 0.573. The van der Waals surface area contributed by atoms with Gasteiger partial charge in [-0.15, -0.1) is 0 Å². The molecule has 0 radical (unpaired) electrons. The third-order valence-corrected chi connectivity index (χ3v) is 1.21. The molecule has 0 rings (SSSR count). The Bertz CT molecular complexity index is 257. The van der Waals surface area contributed by atoms with E-state index in [0.717, 1.165) is 13.2 Å². The van der Waals surface area contributed by atoms with Crippen LogP contribution < -0.4 is 0 Å². The van der Waals surface area contributed by atoms with Crippen molar-refractivity contribution in [1.82, 2.24) is 0 Å². The summed E-state index contributed by atoms with van der Waals surface area (Å²) in [5.41, 5.74) is 0. The Hall–Kier alpha value is -1.69. The van der Waals surface area contributed by atoms with E-state index in [9.17, 15) is 14.4 Å². The van der Waals surface area contributed by atoms with Crippen molar-refractivity contribution >= 4 is 17.9 Å². The second-order valence-corrected chi connectivity index (χ2v) is 2.24. The molecule has 0 fully saturated rings. The van der Waals surface area contributed by atoms with Crippen molar-refractivity contribution in [3.05, 3.63) is 12.7 Å². The summed E-state index contributed by atoms with van der Waals surface area (Å²) in [6.07, 6.45) is -1.46. The zero-order valence-corrected chi connectivity index (χ0v) is 7.56. The molecule has 0 amide bonds. The molecule has 78 valence electrons. The van der Waals surface area contributed by atoms with Gasteiger partial charge < -0.3 is 14.6 Å². The lowest BCUT2D eigenvalue weighted by Gasteiger charge is -2.05. The number of rotatable bonds is 4. The Morgan fingerprint density at radius 2 is 2.07 bits per heavy atom. The molecule has 0 aromatic carbocycles. The van der Waals surface area contributed by atoms with Gasteiger partial charge in [-0.25, -0.2) is 9.59 Å². The minimum absolute atomic E-state index is 0.633. The maximum Gasteiger partial charge on any atom is 0.337 e. The molecular weight excluding hydrogens is 192 g/mol. The molecule has 0 saturated heterocycles. The standard InChI is InChI=1S/C8H10O6/c1-3-6(10)14-7(11)4-5(9)8(12)13-2/h3,5,9H,1,4H2,2H3. The molecule has 14 heavy (non-hydrogen) atoms. The van der Waals surface area contributed by atoms with Crippen LogP contribution in [-0.2, 0) is 23.9 Å². The van der Waals surface area contributed by atoms with E-state index in [1.165, 1.54) is 0 Å². The summed E-state index contributed by atoms with van der Waals surface area (Å²) in [5.74, 6) is -2.92. The van der Waals surface area contributed by atoms with E-state index in [2.05, 4.69) is 16.1 Å². The van der Waals surface area contributed by atoms with Crippen LogP contribution in [0.4, 0.5) is 0 Å². The minimum Gasteiger partial charge on any atom is -0.467 e. The normalized spacial score (nSPS) is 11.3. The summed E-state index contributed by atoms with van der Waals surface area (Å²) in [7, 11) is 1.06. The highest BCUT2D eigenvalue weighted by molar-refractivity contribution is 5.93. The zero-order chi connectivity index (χ0) is 11.1. The van der Waals surface area contributed by atoms with E-state index < -0.39 is 30.4 Å². The Kier molecular flexibility index (Phi) is 5.16. The van der Waals surface area contributed by atoms with Crippen LogP contribution in [0.15, 0.2) is 12.7 Å². The number of methoxy groups -OCH3 is 1. The van der Waals surface area contributed by atoms with Crippen LogP contribution in [-0.4, -0.2) is 36.2 Å². The van der Waals surface area contributed by atoms with E-state index in [1.54, 1.807) is 0 Å². The Balaban J connectivity index is 4.00. The summed E-state index contributed by atoms with van der Waals surface area (Å²) in [6, 6.07) is 0. The second-order valence-electron chi connectivity index (χ2n) is 2.24. The van der Waals surface area contributed by atoms with Crippen LogP contribution in [0.1, 0.15) is 6.42 Å². The second kappa shape index (κ2) is 5.87. The molecule has 1 unspecified atom stereocenters. The van der Waals surface area contributed by atoms with Gasteiger partial charge in [-0.3, -0.25) is 4.79 Å². The third kappa shape index (κ3) is 4.36. The summed E-state index contributed by atoms with van der Waals surface area (Å²) in [5, 5.41) is 8.96. The van der Waals surface area contributed by atoms with Gasteiger partial charge in [-0.2, -0.15) is 0 Å². The molecule has 0 saturated carbocycles. The molecule has 6 heteroatoms. The third-order valence-electron chi connectivity index (χ3n) is 1.21. The van der Waals surface area contributed by atoms with Gasteiger partial charge in [-0.05, 0) is 0 Å². The summed E-state index contributed by atoms with van der Waals surface area (Å²) >= 11 is 0. The van der Waals surface area contributed by atoms with Crippen LogP contribution in [0, 0.1) is 0 Å². The summed E-state index contributed by atoms with van der Waals surface area (Å²) in [4.78, 5) is 31.9. The van der Waals surface area contributed by atoms with Crippen LogP contribution >= 0.6 is 0 Å². The smallest absolute Gasteiger partial charge is 0.337 e. The number of carbonyl (C=O) groups excluding carboxylic acids is 3. The van der Waals surface area contributed by atoms with Gasteiger partial charge in [0.1, 0.15) is 0 Å². The zero-order valence-electron chi connectivity index (χ0n) is 7.56. The first-order valence-electron chi connectivity index (χ1n) is 3.64. The predicted octanol–water partition coefficient (Wildman–Crippen LogP) is -0.834. The molecule has 0 heterocycles. The minimum atomic E-state index is -1.62. The Morgan fingerprint density at radius 3 is 2.50 bits per heavy atom. The number of esters is 3. The van der Waals surface area contributed by atoms with Gasteiger partial charge in [0.25, 0.3) is 0 Å². The summed E-state index contributed by atoms with van der Waals surface area (Å²) in [6.45, 7) is 3.06. The number of aliphatic hydroxyl groups is 1. The molecular formula is C8H10O6. The van der Waals surface area contributed by atoms with Crippen molar-refractivity contribution in [2.24, 2.45) is 0 Å². The molecule has 6 nitrogen and oxygen atoms in total. The van der Waals surface area contributed by atoms with Gasteiger partial charge in [0, 0.05) is 6.08 Å². The van der Waals surface area contributed by atoms with E-state index in [1.807, 2.05) is 0 Å². The highest BCUT2D eigenvalue weighted by Crippen LogP contribution is 1.97. The van der Waals surface area contributed by atoms with Gasteiger partial charge in [0.05, 0.1) is 13.5 Å². The molecule has 0 aliphatic rings. The Labute approximate surface area is 80.1 Å².